The number of aromatic amines is 1. The van der Waals surface area contributed by atoms with E-state index < -0.39 is 16.4 Å². The summed E-state index contributed by atoms with van der Waals surface area (Å²) in [5.74, 6) is -0.283. The summed E-state index contributed by atoms with van der Waals surface area (Å²) in [7, 11) is 0. The number of hydrogen-bond donors (Lipinski definition) is 3. The summed E-state index contributed by atoms with van der Waals surface area (Å²) in [6, 6.07) is 8.65. The second kappa shape index (κ2) is 7.03. The molecule has 3 aromatic rings. The van der Waals surface area contributed by atoms with Gasteiger partial charge >= 0.3 is 0 Å². The maximum Gasteiger partial charge on any atom is 0.270 e. The van der Waals surface area contributed by atoms with Crippen molar-refractivity contribution >= 4 is 40.0 Å². The first kappa shape index (κ1) is 18.1. The fourth-order valence-electron chi connectivity index (χ4n) is 2.90. The summed E-state index contributed by atoms with van der Waals surface area (Å²) in [5.41, 5.74) is 0.465. The van der Waals surface area contributed by atoms with Gasteiger partial charge in [-0.1, -0.05) is 6.07 Å². The average Bonchev–Trinajstić information content (AvgIpc) is 2.67. The van der Waals surface area contributed by atoms with Crippen molar-refractivity contribution in [1.29, 1.82) is 0 Å². The highest BCUT2D eigenvalue weighted by Gasteiger charge is 2.17. The molecule has 11 nitrogen and oxygen atoms in total. The van der Waals surface area contributed by atoms with Crippen LogP contribution in [0.3, 0.4) is 0 Å². The van der Waals surface area contributed by atoms with Crippen LogP contribution < -0.4 is 20.9 Å². The van der Waals surface area contributed by atoms with E-state index in [4.69, 9.17) is 4.74 Å². The minimum absolute atomic E-state index is 0.0365. The van der Waals surface area contributed by atoms with Crippen LogP contribution in [-0.2, 0) is 16.0 Å². The molecule has 146 valence electrons. The molecule has 4 rings (SSSR count). The molecule has 3 N–H and O–H groups in total. The summed E-state index contributed by atoms with van der Waals surface area (Å²) in [5, 5.41) is 16.0. The Hall–Kier alpha value is -4.28. The van der Waals surface area contributed by atoms with E-state index in [0.29, 0.717) is 17.0 Å². The SMILES string of the molecule is O=C(Cc1ccc2c(c1)NC(=O)CO2)Nc1nc2ccc([N+](=O)[O-])cc2c(=O)[nH]1. The normalized spacial score (nSPS) is 12.6. The Morgan fingerprint density at radius 2 is 2.07 bits per heavy atom. The number of nitro groups is 1. The van der Waals surface area contributed by atoms with Gasteiger partial charge in [0.2, 0.25) is 11.9 Å². The van der Waals surface area contributed by atoms with E-state index in [9.17, 15) is 24.5 Å². The van der Waals surface area contributed by atoms with Gasteiger partial charge in [0, 0.05) is 12.1 Å². The molecule has 1 aliphatic heterocycles. The fourth-order valence-corrected chi connectivity index (χ4v) is 2.90. The van der Waals surface area contributed by atoms with Gasteiger partial charge < -0.3 is 10.1 Å². The third kappa shape index (κ3) is 3.74. The number of aromatic nitrogens is 2. The smallest absolute Gasteiger partial charge is 0.270 e. The van der Waals surface area contributed by atoms with E-state index in [2.05, 4.69) is 20.6 Å². The molecular formula is C18H13N5O6. The number of non-ortho nitro benzene ring substituents is 1. The maximum atomic E-state index is 12.3. The van der Waals surface area contributed by atoms with Gasteiger partial charge in [-0.3, -0.25) is 34.8 Å². The highest BCUT2D eigenvalue weighted by atomic mass is 16.6. The number of fused-ring (bicyclic) bond motifs is 2. The second-order valence-electron chi connectivity index (χ2n) is 6.27. The molecule has 0 aliphatic carbocycles. The topological polar surface area (TPSA) is 156 Å². The van der Waals surface area contributed by atoms with E-state index in [1.54, 1.807) is 18.2 Å². The van der Waals surface area contributed by atoms with Crippen molar-refractivity contribution in [3.63, 3.8) is 0 Å². The van der Waals surface area contributed by atoms with Crippen molar-refractivity contribution in [2.24, 2.45) is 0 Å². The number of carbonyl (C=O) groups is 2. The minimum atomic E-state index is -0.611. The molecular weight excluding hydrogens is 382 g/mol. The molecule has 0 atom stereocenters. The van der Waals surface area contributed by atoms with Gasteiger partial charge in [0.1, 0.15) is 5.75 Å². The molecule has 0 fully saturated rings. The van der Waals surface area contributed by atoms with Crippen molar-refractivity contribution in [3.8, 4) is 5.75 Å². The number of hydrogen-bond acceptors (Lipinski definition) is 7. The van der Waals surface area contributed by atoms with Crippen molar-refractivity contribution in [1.82, 2.24) is 9.97 Å². The number of carbonyl (C=O) groups excluding carboxylic acids is 2. The lowest BCUT2D eigenvalue weighted by Gasteiger charge is -2.18. The summed E-state index contributed by atoms with van der Waals surface area (Å²) in [4.78, 5) is 52.6. The number of H-pyrrole nitrogens is 1. The first-order chi connectivity index (χ1) is 13.9. The zero-order valence-electron chi connectivity index (χ0n) is 14.7. The van der Waals surface area contributed by atoms with E-state index in [-0.39, 0.29) is 41.5 Å². The minimum Gasteiger partial charge on any atom is -0.482 e. The molecule has 0 spiro atoms. The number of nitro benzene ring substituents is 1. The number of rotatable bonds is 4. The van der Waals surface area contributed by atoms with Crippen LogP contribution in [0, 0.1) is 10.1 Å². The van der Waals surface area contributed by atoms with Gasteiger partial charge in [-0.05, 0) is 23.8 Å². The van der Waals surface area contributed by atoms with Gasteiger partial charge in [0.15, 0.2) is 6.61 Å². The van der Waals surface area contributed by atoms with Crippen LogP contribution in [0.2, 0.25) is 0 Å². The van der Waals surface area contributed by atoms with E-state index in [1.807, 2.05) is 0 Å². The van der Waals surface area contributed by atoms with Gasteiger partial charge in [-0.2, -0.15) is 0 Å². The molecule has 2 aromatic carbocycles. The Balaban J connectivity index is 1.52. The Morgan fingerprint density at radius 3 is 2.86 bits per heavy atom. The standard InChI is InChI=1S/C18H13N5O6/c24-15(6-9-1-4-14-13(5-9)19-16(25)8-29-14)21-18-20-12-3-2-10(23(27)28)7-11(12)17(26)22-18/h1-5,7H,6,8H2,(H,19,25)(H2,20,21,22,24,26). The van der Waals surface area contributed by atoms with Crippen molar-refractivity contribution in [3.05, 3.63) is 62.4 Å². The van der Waals surface area contributed by atoms with Gasteiger partial charge in [0.05, 0.1) is 27.9 Å². The molecule has 2 amide bonds. The molecule has 2 heterocycles. The first-order valence-corrected chi connectivity index (χ1v) is 8.43. The van der Waals surface area contributed by atoms with Crippen LogP contribution >= 0.6 is 0 Å². The Morgan fingerprint density at radius 1 is 1.24 bits per heavy atom. The Kier molecular flexibility index (Phi) is 4.39. The lowest BCUT2D eigenvalue weighted by molar-refractivity contribution is -0.384. The predicted octanol–water partition coefficient (Wildman–Crippen LogP) is 1.34. The highest BCUT2D eigenvalue weighted by molar-refractivity contribution is 5.96. The van der Waals surface area contributed by atoms with Gasteiger partial charge in [-0.25, -0.2) is 4.98 Å². The highest BCUT2D eigenvalue weighted by Crippen LogP contribution is 2.28. The lowest BCUT2D eigenvalue weighted by atomic mass is 10.1. The molecule has 29 heavy (non-hydrogen) atoms. The van der Waals surface area contributed by atoms with Crippen molar-refractivity contribution in [2.75, 3.05) is 17.2 Å². The lowest BCUT2D eigenvalue weighted by Crippen LogP contribution is -2.25. The van der Waals surface area contributed by atoms with E-state index >= 15 is 0 Å². The molecule has 0 saturated carbocycles. The van der Waals surface area contributed by atoms with Gasteiger partial charge in [0.25, 0.3) is 17.2 Å². The third-order valence-electron chi connectivity index (χ3n) is 4.20. The quantitative estimate of drug-likeness (QED) is 0.444. The molecule has 0 bridgehead atoms. The second-order valence-corrected chi connectivity index (χ2v) is 6.27. The van der Waals surface area contributed by atoms with Gasteiger partial charge in [-0.15, -0.1) is 0 Å². The monoisotopic (exact) mass is 395 g/mol. The van der Waals surface area contributed by atoms with Crippen LogP contribution in [0.1, 0.15) is 5.56 Å². The van der Waals surface area contributed by atoms with Crippen LogP contribution in [-0.4, -0.2) is 33.3 Å². The van der Waals surface area contributed by atoms with E-state index in [1.165, 1.54) is 12.1 Å². The zero-order chi connectivity index (χ0) is 20.5. The summed E-state index contributed by atoms with van der Waals surface area (Å²) in [6.07, 6.45) is -0.0365. The molecule has 0 radical (unpaired) electrons. The first-order valence-electron chi connectivity index (χ1n) is 8.43. The molecule has 0 unspecified atom stereocenters. The number of nitrogens with zero attached hydrogens (tertiary/aromatic N) is 2. The average molecular weight is 395 g/mol. The summed E-state index contributed by atoms with van der Waals surface area (Å²) < 4.78 is 5.26. The summed E-state index contributed by atoms with van der Waals surface area (Å²) >= 11 is 0. The van der Waals surface area contributed by atoms with Crippen LogP contribution in [0.5, 0.6) is 5.75 Å². The van der Waals surface area contributed by atoms with Crippen LogP contribution in [0.4, 0.5) is 17.3 Å². The number of anilines is 2. The molecule has 1 aromatic heterocycles. The van der Waals surface area contributed by atoms with E-state index in [0.717, 1.165) is 6.07 Å². The summed E-state index contributed by atoms with van der Waals surface area (Å²) in [6.45, 7) is -0.0585. The van der Waals surface area contributed by atoms with Crippen molar-refractivity contribution in [2.45, 2.75) is 6.42 Å². The largest absolute Gasteiger partial charge is 0.482 e. The fraction of sp³-hybridized carbons (Fsp3) is 0.111. The van der Waals surface area contributed by atoms with Crippen LogP contribution in [0.25, 0.3) is 10.9 Å². The number of nitrogens with one attached hydrogen (secondary N) is 3. The Labute approximate surface area is 161 Å². The molecule has 0 saturated heterocycles. The number of ether oxygens (including phenoxy) is 1. The van der Waals surface area contributed by atoms with Crippen molar-refractivity contribution < 1.29 is 19.2 Å². The predicted molar refractivity (Wildman–Crippen MR) is 102 cm³/mol. The molecule has 11 heteroatoms. The number of benzene rings is 2. The molecule has 1 aliphatic rings. The zero-order valence-corrected chi connectivity index (χ0v) is 14.7. The maximum absolute atomic E-state index is 12.3. The Bertz CT molecular complexity index is 1240. The number of amides is 2. The van der Waals surface area contributed by atoms with Crippen LogP contribution in [0.15, 0.2) is 41.2 Å². The third-order valence-corrected chi connectivity index (χ3v) is 4.20.